The summed E-state index contributed by atoms with van der Waals surface area (Å²) in [7, 11) is -2.24. The van der Waals surface area contributed by atoms with Crippen molar-refractivity contribution in [1.82, 2.24) is 0 Å². The highest BCUT2D eigenvalue weighted by atomic mass is 32.2. The molecule has 2 rings (SSSR count). The molecule has 2 aromatic rings. The van der Waals surface area contributed by atoms with Crippen molar-refractivity contribution in [2.45, 2.75) is 17.6 Å². The van der Waals surface area contributed by atoms with Gasteiger partial charge in [-0.3, -0.25) is 0 Å². The zero-order valence-electron chi connectivity index (χ0n) is 11.1. The number of hydrogen-bond acceptors (Lipinski definition) is 5. The second kappa shape index (κ2) is 5.50. The first-order chi connectivity index (χ1) is 9.44. The third-order valence-electron chi connectivity index (χ3n) is 2.81. The van der Waals surface area contributed by atoms with E-state index in [1.165, 1.54) is 25.3 Å². The minimum absolute atomic E-state index is 0.215. The lowest BCUT2D eigenvalue weighted by Gasteiger charge is -2.01. The molecule has 0 spiro atoms. The number of ether oxygens (including phenoxy) is 1. The Morgan fingerprint density at radius 1 is 1.25 bits per heavy atom. The molecule has 20 heavy (non-hydrogen) atoms. The molecule has 1 aromatic carbocycles. The van der Waals surface area contributed by atoms with Crippen molar-refractivity contribution in [3.63, 3.8) is 0 Å². The summed E-state index contributed by atoms with van der Waals surface area (Å²) < 4.78 is 34.3. The minimum Gasteiger partial charge on any atom is -0.465 e. The highest BCUT2D eigenvalue weighted by molar-refractivity contribution is 7.90. The van der Waals surface area contributed by atoms with Crippen LogP contribution in [0.5, 0.6) is 0 Å². The highest BCUT2D eigenvalue weighted by Crippen LogP contribution is 2.21. The van der Waals surface area contributed by atoms with Gasteiger partial charge in [-0.15, -0.1) is 0 Å². The van der Waals surface area contributed by atoms with Gasteiger partial charge in [-0.2, -0.15) is 0 Å². The van der Waals surface area contributed by atoms with Crippen molar-refractivity contribution >= 4 is 15.8 Å². The smallest absolute Gasteiger partial charge is 0.341 e. The number of esters is 1. The summed E-state index contributed by atoms with van der Waals surface area (Å²) in [5, 5.41) is 0. The second-order valence-corrected chi connectivity index (χ2v) is 6.24. The van der Waals surface area contributed by atoms with Crippen LogP contribution in [0.15, 0.2) is 45.7 Å². The van der Waals surface area contributed by atoms with Gasteiger partial charge in [-0.25, -0.2) is 13.2 Å². The Hall–Kier alpha value is -2.08. The van der Waals surface area contributed by atoms with Crippen molar-refractivity contribution in [2.75, 3.05) is 7.11 Å². The van der Waals surface area contributed by atoms with E-state index in [1.807, 2.05) is 0 Å². The number of sulfone groups is 1. The lowest BCUT2D eigenvalue weighted by Crippen LogP contribution is -2.04. The van der Waals surface area contributed by atoms with Crippen LogP contribution in [0, 0.1) is 6.92 Å². The maximum atomic E-state index is 12.2. The predicted octanol–water partition coefficient (Wildman–Crippen LogP) is 2.35. The van der Waals surface area contributed by atoms with Crippen LogP contribution < -0.4 is 0 Å². The van der Waals surface area contributed by atoms with E-state index in [9.17, 15) is 13.2 Å². The summed E-state index contributed by atoms with van der Waals surface area (Å²) in [6, 6.07) is 9.49. The van der Waals surface area contributed by atoms with Gasteiger partial charge in [0.25, 0.3) is 0 Å². The molecule has 6 heteroatoms. The van der Waals surface area contributed by atoms with Crippen molar-refractivity contribution < 1.29 is 22.4 Å². The molecule has 1 heterocycles. The largest absolute Gasteiger partial charge is 0.465 e. The predicted molar refractivity (Wildman–Crippen MR) is 72.1 cm³/mol. The SMILES string of the molecule is COC(=O)c1cc(CS(=O)(=O)c2ccccc2)oc1C. The van der Waals surface area contributed by atoms with Crippen LogP contribution in [-0.4, -0.2) is 21.5 Å². The molecule has 0 amide bonds. The van der Waals surface area contributed by atoms with Crippen LogP contribution in [-0.2, 0) is 20.3 Å². The van der Waals surface area contributed by atoms with Gasteiger partial charge < -0.3 is 9.15 Å². The quantitative estimate of drug-likeness (QED) is 0.809. The fourth-order valence-electron chi connectivity index (χ4n) is 1.83. The minimum atomic E-state index is -3.50. The molecule has 0 N–H and O–H groups in total. The average molecular weight is 294 g/mol. The summed E-state index contributed by atoms with van der Waals surface area (Å²) in [4.78, 5) is 11.7. The average Bonchev–Trinajstić information content (AvgIpc) is 2.79. The number of hydrogen-bond donors (Lipinski definition) is 0. The van der Waals surface area contributed by atoms with E-state index in [1.54, 1.807) is 25.1 Å². The lowest BCUT2D eigenvalue weighted by molar-refractivity contribution is 0.0599. The molecule has 1 aromatic heterocycles. The van der Waals surface area contributed by atoms with Gasteiger partial charge in [-0.05, 0) is 25.1 Å². The van der Waals surface area contributed by atoms with E-state index < -0.39 is 15.8 Å². The molecule has 5 nitrogen and oxygen atoms in total. The fraction of sp³-hybridized carbons (Fsp3) is 0.214. The summed E-state index contributed by atoms with van der Waals surface area (Å²) in [6.07, 6.45) is 0. The number of carbonyl (C=O) groups excluding carboxylic acids is 1. The topological polar surface area (TPSA) is 73.6 Å². The van der Waals surface area contributed by atoms with Crippen LogP contribution in [0.4, 0.5) is 0 Å². The Morgan fingerprint density at radius 2 is 1.90 bits per heavy atom. The summed E-state index contributed by atoms with van der Waals surface area (Å²) in [6.45, 7) is 1.59. The maximum absolute atomic E-state index is 12.2. The van der Waals surface area contributed by atoms with E-state index in [-0.39, 0.29) is 22.0 Å². The number of methoxy groups -OCH3 is 1. The molecular formula is C14H14O5S. The molecule has 0 aliphatic heterocycles. The molecular weight excluding hydrogens is 280 g/mol. The van der Waals surface area contributed by atoms with Crippen LogP contribution >= 0.6 is 0 Å². The Kier molecular flexibility index (Phi) is 3.94. The summed E-state index contributed by atoms with van der Waals surface area (Å²) in [5.41, 5.74) is 0.241. The Balaban J connectivity index is 2.29. The number of carbonyl (C=O) groups is 1. The first-order valence-corrected chi connectivity index (χ1v) is 7.54. The van der Waals surface area contributed by atoms with Gasteiger partial charge in [0.2, 0.25) is 0 Å². The normalized spacial score (nSPS) is 11.3. The molecule has 106 valence electrons. The second-order valence-electron chi connectivity index (χ2n) is 4.25. The fourth-order valence-corrected chi connectivity index (χ4v) is 3.08. The van der Waals surface area contributed by atoms with E-state index >= 15 is 0 Å². The van der Waals surface area contributed by atoms with Crippen molar-refractivity contribution in [3.8, 4) is 0 Å². The van der Waals surface area contributed by atoms with Gasteiger partial charge >= 0.3 is 5.97 Å². The van der Waals surface area contributed by atoms with Crippen molar-refractivity contribution in [1.29, 1.82) is 0 Å². The van der Waals surface area contributed by atoms with E-state index in [2.05, 4.69) is 4.74 Å². The van der Waals surface area contributed by atoms with Crippen LogP contribution in [0.1, 0.15) is 21.9 Å². The number of benzene rings is 1. The first kappa shape index (κ1) is 14.3. The van der Waals surface area contributed by atoms with Gasteiger partial charge in [0.1, 0.15) is 22.8 Å². The molecule has 0 bridgehead atoms. The van der Waals surface area contributed by atoms with Gasteiger partial charge in [0, 0.05) is 0 Å². The Bertz CT molecular complexity index is 713. The van der Waals surface area contributed by atoms with Gasteiger partial charge in [-0.1, -0.05) is 18.2 Å². The Labute approximate surface area is 117 Å². The molecule has 0 atom stereocenters. The molecule has 0 unspecified atom stereocenters. The van der Waals surface area contributed by atoms with Crippen LogP contribution in [0.3, 0.4) is 0 Å². The number of rotatable bonds is 4. The van der Waals surface area contributed by atoms with E-state index in [0.717, 1.165) is 0 Å². The van der Waals surface area contributed by atoms with Crippen LogP contribution in [0.25, 0.3) is 0 Å². The molecule has 0 aliphatic rings. The first-order valence-electron chi connectivity index (χ1n) is 5.89. The van der Waals surface area contributed by atoms with E-state index in [4.69, 9.17) is 4.42 Å². The lowest BCUT2D eigenvalue weighted by atomic mass is 10.2. The zero-order valence-corrected chi connectivity index (χ0v) is 11.9. The molecule has 0 fully saturated rings. The third kappa shape index (κ3) is 2.91. The number of furan rings is 1. The highest BCUT2D eigenvalue weighted by Gasteiger charge is 2.21. The van der Waals surface area contributed by atoms with Crippen molar-refractivity contribution in [2.24, 2.45) is 0 Å². The Morgan fingerprint density at radius 3 is 2.50 bits per heavy atom. The van der Waals surface area contributed by atoms with E-state index in [0.29, 0.717) is 5.76 Å². The molecule has 0 saturated carbocycles. The maximum Gasteiger partial charge on any atom is 0.341 e. The van der Waals surface area contributed by atoms with Crippen molar-refractivity contribution in [3.05, 3.63) is 53.5 Å². The molecule has 0 radical (unpaired) electrons. The van der Waals surface area contributed by atoms with Gasteiger partial charge in [0.15, 0.2) is 9.84 Å². The summed E-state index contributed by atoms with van der Waals surface area (Å²) in [5.74, 6) is -0.286. The third-order valence-corrected chi connectivity index (χ3v) is 4.46. The van der Waals surface area contributed by atoms with Crippen LogP contribution in [0.2, 0.25) is 0 Å². The molecule has 0 saturated heterocycles. The number of aryl methyl sites for hydroxylation is 1. The summed E-state index contributed by atoms with van der Waals surface area (Å²) >= 11 is 0. The zero-order chi connectivity index (χ0) is 14.8. The standard InChI is InChI=1S/C14H14O5S/c1-10-13(14(15)18-2)8-11(19-10)9-20(16,17)12-6-4-3-5-7-12/h3-8H,9H2,1-2H3. The molecule has 0 aliphatic carbocycles. The monoisotopic (exact) mass is 294 g/mol. The van der Waals surface area contributed by atoms with Gasteiger partial charge in [0.05, 0.1) is 12.0 Å².